The molecule has 2 fully saturated rings. The highest BCUT2D eigenvalue weighted by Crippen LogP contribution is 2.42. The van der Waals surface area contributed by atoms with Gasteiger partial charge in [0, 0.05) is 43.2 Å². The van der Waals surface area contributed by atoms with Crippen molar-refractivity contribution in [2.45, 2.75) is 19.8 Å². The Morgan fingerprint density at radius 2 is 1.47 bits per heavy atom. The topological polar surface area (TPSA) is 83.8 Å². The molecule has 2 amide bonds. The second-order valence-corrected chi connectivity index (χ2v) is 9.98. The van der Waals surface area contributed by atoms with Crippen molar-refractivity contribution in [3.8, 4) is 11.1 Å². The summed E-state index contributed by atoms with van der Waals surface area (Å²) in [7, 11) is 0. The highest BCUT2D eigenvalue weighted by molar-refractivity contribution is 5.97. The van der Waals surface area contributed by atoms with Crippen LogP contribution in [0.4, 0.5) is 18.9 Å². The van der Waals surface area contributed by atoms with Gasteiger partial charge < -0.3 is 9.80 Å². The fourth-order valence-electron chi connectivity index (χ4n) is 5.37. The minimum atomic E-state index is -0.799. The van der Waals surface area contributed by atoms with Crippen molar-refractivity contribution in [3.63, 3.8) is 0 Å². The Balaban J connectivity index is 1.22. The number of likely N-dealkylation sites (tertiary alicyclic amines) is 2. The van der Waals surface area contributed by atoms with Crippen molar-refractivity contribution in [2.75, 3.05) is 26.2 Å². The van der Waals surface area contributed by atoms with Crippen molar-refractivity contribution < 1.29 is 27.7 Å². The molecule has 3 aromatic carbocycles. The summed E-state index contributed by atoms with van der Waals surface area (Å²) in [4.78, 5) is 39.6. The van der Waals surface area contributed by atoms with Gasteiger partial charge in [0.15, 0.2) is 0 Å². The van der Waals surface area contributed by atoms with Gasteiger partial charge in [0.25, 0.3) is 17.5 Å². The highest BCUT2D eigenvalue weighted by Gasteiger charge is 2.48. The van der Waals surface area contributed by atoms with Crippen molar-refractivity contribution in [1.29, 1.82) is 0 Å². The van der Waals surface area contributed by atoms with E-state index in [1.807, 2.05) is 0 Å². The van der Waals surface area contributed by atoms with Crippen molar-refractivity contribution in [3.05, 3.63) is 98.9 Å². The first-order valence-corrected chi connectivity index (χ1v) is 12.2. The summed E-state index contributed by atoms with van der Waals surface area (Å²) in [6, 6.07) is 11.9. The second kappa shape index (κ2) is 9.59. The van der Waals surface area contributed by atoms with Gasteiger partial charge in [-0.15, -0.1) is 0 Å². The first-order chi connectivity index (χ1) is 18.1. The molecule has 3 aromatic rings. The molecule has 0 radical (unpaired) electrons. The van der Waals surface area contributed by atoms with Crippen LogP contribution in [0.2, 0.25) is 0 Å². The maximum Gasteiger partial charge on any atom is 0.273 e. The number of carbonyl (C=O) groups is 2. The number of nitro benzene ring substituents is 1. The number of halogens is 3. The van der Waals surface area contributed by atoms with Crippen LogP contribution < -0.4 is 0 Å². The van der Waals surface area contributed by atoms with Gasteiger partial charge in [0.2, 0.25) is 0 Å². The monoisotopic (exact) mass is 523 g/mol. The van der Waals surface area contributed by atoms with Gasteiger partial charge in [-0.2, -0.15) is 0 Å². The molecule has 2 heterocycles. The Morgan fingerprint density at radius 1 is 0.842 bits per heavy atom. The van der Waals surface area contributed by atoms with Crippen molar-refractivity contribution >= 4 is 17.5 Å². The number of rotatable bonds is 4. The van der Waals surface area contributed by atoms with E-state index in [1.54, 1.807) is 11.0 Å². The number of piperidine rings is 1. The molecule has 0 bridgehead atoms. The zero-order chi connectivity index (χ0) is 27.2. The zero-order valence-electron chi connectivity index (χ0n) is 20.5. The molecular weight excluding hydrogens is 499 g/mol. The van der Waals surface area contributed by atoms with Gasteiger partial charge in [-0.1, -0.05) is 18.2 Å². The van der Waals surface area contributed by atoms with E-state index in [-0.39, 0.29) is 27.8 Å². The summed E-state index contributed by atoms with van der Waals surface area (Å²) in [6.45, 7) is 2.83. The second-order valence-electron chi connectivity index (χ2n) is 9.98. The summed E-state index contributed by atoms with van der Waals surface area (Å²) >= 11 is 0. The Morgan fingerprint density at radius 3 is 2.08 bits per heavy atom. The maximum absolute atomic E-state index is 14.9. The summed E-state index contributed by atoms with van der Waals surface area (Å²) in [6.07, 6.45) is 1.18. The average Bonchev–Trinajstić information content (AvgIpc) is 2.87. The number of carbonyl (C=O) groups excluding carboxylic acids is 2. The van der Waals surface area contributed by atoms with Crippen LogP contribution in [0.15, 0.2) is 54.6 Å². The number of hydrogen-bond acceptors (Lipinski definition) is 4. The minimum Gasteiger partial charge on any atom is -0.339 e. The van der Waals surface area contributed by atoms with E-state index in [0.29, 0.717) is 50.1 Å². The zero-order valence-corrected chi connectivity index (χ0v) is 20.5. The third-order valence-electron chi connectivity index (χ3n) is 7.62. The third kappa shape index (κ3) is 4.51. The molecule has 2 saturated heterocycles. The lowest BCUT2D eigenvalue weighted by Gasteiger charge is -2.54. The first-order valence-electron chi connectivity index (χ1n) is 12.2. The molecule has 2 aliphatic rings. The van der Waals surface area contributed by atoms with Crippen LogP contribution in [0, 0.1) is 39.9 Å². The smallest absolute Gasteiger partial charge is 0.273 e. The summed E-state index contributed by atoms with van der Waals surface area (Å²) < 4.78 is 42.4. The molecule has 2 aliphatic heterocycles. The Kier molecular flexibility index (Phi) is 6.42. The molecule has 10 heteroatoms. The summed E-state index contributed by atoms with van der Waals surface area (Å²) in [5.41, 5.74) is 0.279. The van der Waals surface area contributed by atoms with Gasteiger partial charge >= 0.3 is 0 Å². The van der Waals surface area contributed by atoms with Crippen LogP contribution >= 0.6 is 0 Å². The number of nitro groups is 1. The van der Waals surface area contributed by atoms with Crippen molar-refractivity contribution in [2.24, 2.45) is 5.41 Å². The molecule has 38 heavy (non-hydrogen) atoms. The fraction of sp³-hybridized carbons (Fsp3) is 0.286. The van der Waals surface area contributed by atoms with E-state index >= 15 is 0 Å². The van der Waals surface area contributed by atoms with Gasteiger partial charge in [-0.3, -0.25) is 19.7 Å². The largest absolute Gasteiger partial charge is 0.339 e. The van der Waals surface area contributed by atoms with Gasteiger partial charge in [0.1, 0.15) is 17.5 Å². The molecule has 0 aromatic heterocycles. The van der Waals surface area contributed by atoms with Gasteiger partial charge in [-0.25, -0.2) is 13.2 Å². The molecular formula is C28H24F3N3O4. The van der Waals surface area contributed by atoms with Gasteiger partial charge in [0.05, 0.1) is 16.1 Å². The predicted molar refractivity (Wildman–Crippen MR) is 133 cm³/mol. The third-order valence-corrected chi connectivity index (χ3v) is 7.62. The van der Waals surface area contributed by atoms with Crippen LogP contribution in [0.25, 0.3) is 11.1 Å². The van der Waals surface area contributed by atoms with E-state index in [9.17, 15) is 32.9 Å². The lowest BCUT2D eigenvalue weighted by Crippen LogP contribution is -2.62. The Bertz CT molecular complexity index is 1440. The standard InChI is InChI=1S/C28H24F3N3O4/c1-17-24(34(37)38)9-8-22(30)25(17)27(36)33-15-28(16-33)10-12-32(13-11-28)26(35)21-7-4-19(14-23(21)31)18-2-5-20(29)6-3-18/h2-9,14H,10-13,15-16H2,1H3. The van der Waals surface area contributed by atoms with Crippen LogP contribution in [0.5, 0.6) is 0 Å². The lowest BCUT2D eigenvalue weighted by atomic mass is 9.71. The Hall–Kier alpha value is -4.21. The SMILES string of the molecule is Cc1c([N+](=O)[O-])ccc(F)c1C(=O)N1CC2(CCN(C(=O)c3ccc(-c4ccc(F)cc4)cc3F)CC2)C1. The van der Waals surface area contributed by atoms with E-state index in [4.69, 9.17) is 0 Å². The predicted octanol–water partition coefficient (Wildman–Crippen LogP) is 5.37. The molecule has 0 saturated carbocycles. The van der Waals surface area contributed by atoms with E-state index in [2.05, 4.69) is 0 Å². The molecule has 0 unspecified atom stereocenters. The summed E-state index contributed by atoms with van der Waals surface area (Å²) in [5.74, 6) is -2.87. The molecule has 5 rings (SSSR count). The first kappa shape index (κ1) is 25.4. The van der Waals surface area contributed by atoms with E-state index < -0.39 is 34.2 Å². The normalized spacial score (nSPS) is 16.3. The number of nitrogens with zero attached hydrogens (tertiary/aromatic N) is 3. The van der Waals surface area contributed by atoms with Gasteiger partial charge in [-0.05, 0) is 61.2 Å². The summed E-state index contributed by atoms with van der Waals surface area (Å²) in [5, 5.41) is 11.2. The van der Waals surface area contributed by atoms with Crippen LogP contribution in [0.1, 0.15) is 39.1 Å². The molecule has 1 spiro atoms. The Labute approximate surface area is 216 Å². The number of amides is 2. The maximum atomic E-state index is 14.9. The molecule has 7 nitrogen and oxygen atoms in total. The minimum absolute atomic E-state index is 0.00570. The van der Waals surface area contributed by atoms with Crippen LogP contribution in [0.3, 0.4) is 0 Å². The molecule has 0 atom stereocenters. The molecule has 196 valence electrons. The van der Waals surface area contributed by atoms with Crippen molar-refractivity contribution in [1.82, 2.24) is 9.80 Å². The van der Waals surface area contributed by atoms with Crippen LogP contribution in [-0.2, 0) is 0 Å². The highest BCUT2D eigenvalue weighted by atomic mass is 19.1. The average molecular weight is 524 g/mol. The fourth-order valence-corrected chi connectivity index (χ4v) is 5.37. The quantitative estimate of drug-likeness (QED) is 0.340. The molecule has 0 aliphatic carbocycles. The van der Waals surface area contributed by atoms with E-state index in [1.165, 1.54) is 48.2 Å². The molecule has 0 N–H and O–H groups in total. The lowest BCUT2D eigenvalue weighted by molar-refractivity contribution is -0.385. The number of hydrogen-bond donors (Lipinski definition) is 0. The van der Waals surface area contributed by atoms with E-state index in [0.717, 1.165) is 12.1 Å². The number of benzene rings is 3. The van der Waals surface area contributed by atoms with Crippen LogP contribution in [-0.4, -0.2) is 52.7 Å².